The first-order valence-corrected chi connectivity index (χ1v) is 26.0. The predicted molar refractivity (Wildman–Crippen MR) is 174 cm³/mol. The molecule has 0 aliphatic carbocycles. The standard InChI is InChI=1S/C33H19F12P2.C5H5.Fe/c34-30(35,36)20-10-1-5-14-24(20)46(25-15-6-2-11-21(25)31(37,38)39)28-18-9-19-29(28)47(26-16-7-3-12-22(26)32(40,41)42)27-17-8-4-13-23(27)33(43,44)45;1-2-4-5-3-1;/h1-19H;1-5H;. The summed E-state index contributed by atoms with van der Waals surface area (Å²) in [5.41, 5.74) is -4.32. The Bertz CT molecular complexity index is 2530. The van der Waals surface area contributed by atoms with Gasteiger partial charge in [0.1, 0.15) is 0 Å². The van der Waals surface area contributed by atoms with Gasteiger partial charge in [-0.05, 0) is 0 Å². The van der Waals surface area contributed by atoms with E-state index in [0.717, 1.165) is 24.3 Å². The first kappa shape index (κ1) is 30.6. The second kappa shape index (κ2) is 5.26. The molecule has 1 spiro atoms. The summed E-state index contributed by atoms with van der Waals surface area (Å²) < 4.78 is 179. The average Bonchev–Trinajstić information content (AvgIpc) is 4.04. The van der Waals surface area contributed by atoms with Crippen molar-refractivity contribution in [3.63, 3.8) is 0 Å². The fraction of sp³-hybridized carbons (Fsp3) is 0.368. The molecule has 0 nitrogen and oxygen atoms in total. The van der Waals surface area contributed by atoms with Crippen molar-refractivity contribution in [2.45, 2.75) is 71.3 Å². The van der Waals surface area contributed by atoms with Gasteiger partial charge in [-0.15, -0.1) is 0 Å². The van der Waals surface area contributed by atoms with Gasteiger partial charge >= 0.3 is 287 Å². The van der Waals surface area contributed by atoms with Gasteiger partial charge in [0.2, 0.25) is 0 Å². The van der Waals surface area contributed by atoms with Gasteiger partial charge in [-0.3, -0.25) is 0 Å². The molecule has 53 heavy (non-hydrogen) atoms. The van der Waals surface area contributed by atoms with E-state index in [1.54, 1.807) is 0 Å². The van der Waals surface area contributed by atoms with Gasteiger partial charge in [0, 0.05) is 0 Å². The van der Waals surface area contributed by atoms with E-state index in [1.165, 1.54) is 72.8 Å². The second-order valence-electron chi connectivity index (χ2n) is 18.4. The molecule has 0 saturated carbocycles. The fourth-order valence-corrected chi connectivity index (χ4v) is 128. The Balaban J connectivity index is 1.16. The summed E-state index contributed by atoms with van der Waals surface area (Å²) in [6.07, 6.45) is -19.9. The van der Waals surface area contributed by atoms with Gasteiger partial charge in [0.15, 0.2) is 0 Å². The maximum atomic E-state index is 15.1. The SMILES string of the molecule is FC(F)(F)c1ccccc1P(c1ccccc1C(F)(F)F)[C]12[CH]3[CH]4[CH]5[C]1(P(c1ccccc1C(F)(F)F)c1ccccc1C(F)(F)F)[Fe]43521678[CH]2[CH]1[CH]6[CH]7[CH]28. The molecule has 4 atom stereocenters. The van der Waals surface area contributed by atoms with Gasteiger partial charge in [-0.2, -0.15) is 0 Å². The molecular weight excluding hydrogens is 802 g/mol. The summed E-state index contributed by atoms with van der Waals surface area (Å²) >= 11 is 0. The zero-order valence-corrected chi connectivity index (χ0v) is 29.5. The third-order valence-corrected chi connectivity index (χ3v) is 78.3. The molecule has 10 fully saturated rings. The van der Waals surface area contributed by atoms with Crippen molar-refractivity contribution in [2.24, 2.45) is 0 Å². The summed E-state index contributed by atoms with van der Waals surface area (Å²) in [5, 5.41) is -1.10. The van der Waals surface area contributed by atoms with Crippen LogP contribution < -0.4 is 21.2 Å². The predicted octanol–water partition coefficient (Wildman–Crippen LogP) is 11.5. The van der Waals surface area contributed by atoms with Gasteiger partial charge in [0.05, 0.1) is 0 Å². The molecule has 0 aromatic heterocycles. The topological polar surface area (TPSA) is 0 Å². The third-order valence-electron chi connectivity index (χ3n) is 21.2. The van der Waals surface area contributed by atoms with E-state index >= 15 is 52.7 Å². The summed E-state index contributed by atoms with van der Waals surface area (Å²) in [5.74, 6) is 0. The Morgan fingerprint density at radius 1 is 0.358 bits per heavy atom. The van der Waals surface area contributed by atoms with Crippen molar-refractivity contribution >= 4 is 37.1 Å². The van der Waals surface area contributed by atoms with Crippen LogP contribution in [0.2, 0.25) is 38.5 Å². The fourth-order valence-electron chi connectivity index (χ4n) is 22.2. The van der Waals surface area contributed by atoms with Crippen LogP contribution in [0, 0.1) is 0 Å². The molecule has 10 aliphatic rings. The average molecular weight is 826 g/mol. The van der Waals surface area contributed by atoms with Crippen LogP contribution in [-0.2, 0) is 31.2 Å². The molecule has 4 aromatic carbocycles. The van der Waals surface area contributed by atoms with E-state index in [2.05, 4.69) is 0 Å². The summed E-state index contributed by atoms with van der Waals surface area (Å²) in [6.45, 7) is -5.75. The van der Waals surface area contributed by atoms with Crippen LogP contribution >= 0.6 is 15.8 Å². The Morgan fingerprint density at radius 3 is 0.774 bits per heavy atom. The minimum atomic E-state index is -5.75. The molecule has 0 N–H and O–H groups in total. The van der Waals surface area contributed by atoms with Crippen molar-refractivity contribution in [1.82, 2.24) is 0 Å². The first-order chi connectivity index (χ1) is 24.6. The zero-order chi connectivity index (χ0) is 37.0. The van der Waals surface area contributed by atoms with E-state index < -0.39 is 77.4 Å². The molecule has 278 valence electrons. The van der Waals surface area contributed by atoms with E-state index in [9.17, 15) is 0 Å². The molecule has 10 aliphatic heterocycles. The number of hydrogen-bond donors (Lipinski definition) is 0. The maximum absolute atomic E-state index is 15.1. The van der Waals surface area contributed by atoms with Crippen LogP contribution in [-0.4, -0.2) is 8.11 Å². The van der Waals surface area contributed by atoms with Crippen molar-refractivity contribution in [3.05, 3.63) is 119 Å². The van der Waals surface area contributed by atoms with Crippen LogP contribution in [0.15, 0.2) is 97.1 Å². The van der Waals surface area contributed by atoms with Gasteiger partial charge in [0.25, 0.3) is 0 Å². The summed E-state index contributed by atoms with van der Waals surface area (Å²) in [6, 6.07) is 18.6. The number of fused-ring (bicyclic) bond motifs is 10. The minimum absolute atomic E-state index is 0.0844. The normalized spacial score (nSPS) is 49.1. The number of benzene rings is 4. The van der Waals surface area contributed by atoms with Crippen LogP contribution in [0.1, 0.15) is 22.3 Å². The van der Waals surface area contributed by atoms with Crippen molar-refractivity contribution in [1.29, 1.82) is 0 Å². The molecule has 4 aromatic rings. The molecule has 10 saturated heterocycles. The summed E-state index contributed by atoms with van der Waals surface area (Å²) in [4.78, 5) is 0.213. The quantitative estimate of drug-likeness (QED) is 0.103. The van der Waals surface area contributed by atoms with Crippen molar-refractivity contribution in [2.75, 3.05) is 0 Å². The van der Waals surface area contributed by atoms with E-state index in [0.29, 0.717) is 0 Å². The first-order valence-electron chi connectivity index (χ1n) is 17.1. The molecule has 4 unspecified atom stereocenters. The molecule has 15 heteroatoms. The monoisotopic (exact) mass is 826 g/mol. The van der Waals surface area contributed by atoms with Gasteiger partial charge in [-0.1, -0.05) is 0 Å². The Morgan fingerprint density at radius 2 is 0.585 bits per heavy atom. The molecule has 0 amide bonds. The number of rotatable bonds is 6. The van der Waals surface area contributed by atoms with E-state index in [1.807, 2.05) is 0 Å². The number of alkyl halides is 12. The molecule has 14 rings (SSSR count). The van der Waals surface area contributed by atoms with E-state index in [-0.39, 0.29) is 59.7 Å². The summed E-state index contributed by atoms with van der Waals surface area (Å²) in [7, 11) is -5.12. The van der Waals surface area contributed by atoms with E-state index in [4.69, 9.17) is 0 Å². The van der Waals surface area contributed by atoms with Crippen molar-refractivity contribution in [3.8, 4) is 0 Å². The van der Waals surface area contributed by atoms with Crippen LogP contribution in [0.5, 0.6) is 0 Å². The molecule has 10 heterocycles. The third kappa shape index (κ3) is 1.08. The Kier molecular flexibility index (Phi) is 3.04. The molecular formula is C38H24F12FeP2. The number of hydrogen-bond acceptors (Lipinski definition) is 0. The van der Waals surface area contributed by atoms with Gasteiger partial charge in [-0.25, -0.2) is 0 Å². The van der Waals surface area contributed by atoms with Crippen LogP contribution in [0.3, 0.4) is 0 Å². The second-order valence-corrected chi connectivity index (χ2v) is 47.1. The molecule has 0 radical (unpaired) electrons. The number of halogens is 12. The van der Waals surface area contributed by atoms with Crippen LogP contribution in [0.25, 0.3) is 0 Å². The Labute approximate surface area is 286 Å². The molecule has 0 bridgehead atoms. The van der Waals surface area contributed by atoms with Gasteiger partial charge < -0.3 is 0 Å². The zero-order valence-electron chi connectivity index (χ0n) is 26.6. The van der Waals surface area contributed by atoms with Crippen molar-refractivity contribution < 1.29 is 59.2 Å². The van der Waals surface area contributed by atoms with Crippen LogP contribution in [0.4, 0.5) is 52.7 Å². The Hall–Kier alpha value is -2.58.